The van der Waals surface area contributed by atoms with Crippen molar-refractivity contribution in [3.8, 4) is 6.07 Å². The van der Waals surface area contributed by atoms with Gasteiger partial charge >= 0.3 is 6.09 Å². The van der Waals surface area contributed by atoms with Gasteiger partial charge in [0.2, 0.25) is 0 Å². The molecule has 9 heteroatoms. The summed E-state index contributed by atoms with van der Waals surface area (Å²) >= 11 is 0. The van der Waals surface area contributed by atoms with E-state index in [-0.39, 0.29) is 12.2 Å². The highest BCUT2D eigenvalue weighted by Gasteiger charge is 2.36. The van der Waals surface area contributed by atoms with E-state index in [1.165, 1.54) is 12.6 Å². The number of amides is 1. The molecule has 5 rings (SSSR count). The van der Waals surface area contributed by atoms with Gasteiger partial charge in [-0.15, -0.1) is 0 Å². The molecular weight excluding hydrogens is 370 g/mol. The molecular formula is C20H21N7O2. The molecule has 3 aliphatic rings. The van der Waals surface area contributed by atoms with E-state index in [1.807, 2.05) is 11.8 Å². The van der Waals surface area contributed by atoms with Gasteiger partial charge in [-0.2, -0.15) is 5.26 Å². The fourth-order valence-electron chi connectivity index (χ4n) is 3.88. The number of carbonyl (C=O) groups excluding carboxylic acids is 1. The number of anilines is 2. The molecule has 1 amide bonds. The standard InChI is InChI=1S/C20H21N7O2/c1-13-23-18-12-27(11-17(18)19(24-13)25-3-2-4-25)20(28)29-16-9-26(10-16)15-5-14(6-21)7-22-8-15/h5,7-8,16H,2-4,9-12H2,1H3. The van der Waals surface area contributed by atoms with Gasteiger partial charge in [0.1, 0.15) is 23.8 Å². The molecule has 5 heterocycles. The number of carbonyl (C=O) groups is 1. The van der Waals surface area contributed by atoms with E-state index >= 15 is 0 Å². The van der Waals surface area contributed by atoms with Crippen LogP contribution in [0.1, 0.15) is 29.1 Å². The van der Waals surface area contributed by atoms with Gasteiger partial charge in [0.15, 0.2) is 0 Å². The van der Waals surface area contributed by atoms with Gasteiger partial charge in [0.05, 0.1) is 49.3 Å². The molecule has 9 nitrogen and oxygen atoms in total. The van der Waals surface area contributed by atoms with Gasteiger partial charge in [-0.1, -0.05) is 0 Å². The quantitative estimate of drug-likeness (QED) is 0.778. The number of hydrogen-bond donors (Lipinski definition) is 0. The summed E-state index contributed by atoms with van der Waals surface area (Å²) in [4.78, 5) is 31.9. The topological polar surface area (TPSA) is 98.5 Å². The van der Waals surface area contributed by atoms with Crippen molar-refractivity contribution in [1.29, 1.82) is 5.26 Å². The zero-order valence-electron chi connectivity index (χ0n) is 16.2. The monoisotopic (exact) mass is 391 g/mol. The van der Waals surface area contributed by atoms with Crippen molar-refractivity contribution in [3.63, 3.8) is 0 Å². The first-order chi connectivity index (χ1) is 14.1. The molecule has 0 unspecified atom stereocenters. The van der Waals surface area contributed by atoms with Crippen molar-refractivity contribution in [2.24, 2.45) is 0 Å². The molecule has 0 bridgehead atoms. The molecule has 0 atom stereocenters. The van der Waals surface area contributed by atoms with Gasteiger partial charge in [-0.25, -0.2) is 14.8 Å². The molecule has 0 N–H and O–H groups in total. The molecule has 2 fully saturated rings. The predicted molar refractivity (Wildman–Crippen MR) is 104 cm³/mol. The van der Waals surface area contributed by atoms with E-state index in [9.17, 15) is 4.79 Å². The van der Waals surface area contributed by atoms with E-state index in [1.54, 1.807) is 17.2 Å². The second kappa shape index (κ2) is 6.88. The normalized spacial score (nSPS) is 18.0. The summed E-state index contributed by atoms with van der Waals surface area (Å²) in [5.41, 5.74) is 3.36. The van der Waals surface area contributed by atoms with Gasteiger partial charge in [-0.3, -0.25) is 9.88 Å². The van der Waals surface area contributed by atoms with Gasteiger partial charge in [0, 0.05) is 24.8 Å². The van der Waals surface area contributed by atoms with E-state index in [2.05, 4.69) is 25.9 Å². The van der Waals surface area contributed by atoms with Crippen LogP contribution in [0.3, 0.4) is 0 Å². The first-order valence-electron chi connectivity index (χ1n) is 9.77. The molecule has 148 valence electrons. The number of aromatic nitrogens is 3. The van der Waals surface area contributed by atoms with Crippen LogP contribution in [0.25, 0.3) is 0 Å². The maximum atomic E-state index is 12.7. The third kappa shape index (κ3) is 3.20. The second-order valence-electron chi connectivity index (χ2n) is 7.67. The van der Waals surface area contributed by atoms with Gasteiger partial charge in [0.25, 0.3) is 0 Å². The van der Waals surface area contributed by atoms with Crippen LogP contribution in [0, 0.1) is 18.3 Å². The fraction of sp³-hybridized carbons (Fsp3) is 0.450. The smallest absolute Gasteiger partial charge is 0.410 e. The van der Waals surface area contributed by atoms with Gasteiger partial charge < -0.3 is 14.5 Å². The Bertz CT molecular complexity index is 1010. The number of aryl methyl sites for hydroxylation is 1. The Hall–Kier alpha value is -3.41. The second-order valence-corrected chi connectivity index (χ2v) is 7.67. The lowest BCUT2D eigenvalue weighted by Gasteiger charge is -2.40. The maximum Gasteiger partial charge on any atom is 0.410 e. The zero-order chi connectivity index (χ0) is 20.0. The molecule has 3 aliphatic heterocycles. The summed E-state index contributed by atoms with van der Waals surface area (Å²) in [7, 11) is 0. The Kier molecular flexibility index (Phi) is 4.19. The highest BCUT2D eigenvalue weighted by atomic mass is 16.6. The Morgan fingerprint density at radius 3 is 2.76 bits per heavy atom. The van der Waals surface area contributed by atoms with Crippen LogP contribution < -0.4 is 9.80 Å². The van der Waals surface area contributed by atoms with Crippen LogP contribution in [-0.2, 0) is 17.8 Å². The maximum absolute atomic E-state index is 12.7. The van der Waals surface area contributed by atoms with Crippen molar-refractivity contribution in [2.45, 2.75) is 32.5 Å². The number of pyridine rings is 1. The minimum atomic E-state index is -0.316. The van der Waals surface area contributed by atoms with Crippen molar-refractivity contribution in [1.82, 2.24) is 19.9 Å². The molecule has 0 radical (unpaired) electrons. The number of rotatable bonds is 3. The molecule has 0 aliphatic carbocycles. The van der Waals surface area contributed by atoms with E-state index in [0.717, 1.165) is 41.7 Å². The molecule has 0 saturated carbocycles. The summed E-state index contributed by atoms with van der Waals surface area (Å²) in [5.74, 6) is 1.71. The number of nitrogens with zero attached hydrogens (tertiary/aromatic N) is 7. The lowest BCUT2D eigenvalue weighted by atomic mass is 10.1. The molecule has 0 spiro atoms. The van der Waals surface area contributed by atoms with Crippen LogP contribution in [0.15, 0.2) is 18.5 Å². The van der Waals surface area contributed by atoms with Crippen molar-refractivity contribution in [3.05, 3.63) is 41.1 Å². The third-order valence-electron chi connectivity index (χ3n) is 5.62. The minimum absolute atomic E-state index is 0.167. The van der Waals surface area contributed by atoms with E-state index in [4.69, 9.17) is 10.00 Å². The predicted octanol–water partition coefficient (Wildman–Crippen LogP) is 1.60. The average Bonchev–Trinajstić information content (AvgIpc) is 3.07. The molecule has 2 saturated heterocycles. The van der Waals surface area contributed by atoms with Crippen LogP contribution >= 0.6 is 0 Å². The van der Waals surface area contributed by atoms with Crippen molar-refractivity contribution < 1.29 is 9.53 Å². The average molecular weight is 391 g/mol. The Balaban J connectivity index is 1.20. The number of hydrogen-bond acceptors (Lipinski definition) is 8. The number of ether oxygens (including phenoxy) is 1. The first-order valence-corrected chi connectivity index (χ1v) is 9.77. The molecule has 29 heavy (non-hydrogen) atoms. The first kappa shape index (κ1) is 17.7. The number of fused-ring (bicyclic) bond motifs is 1. The Morgan fingerprint density at radius 1 is 1.21 bits per heavy atom. The Morgan fingerprint density at radius 2 is 2.03 bits per heavy atom. The van der Waals surface area contributed by atoms with Crippen LogP contribution in [-0.4, -0.2) is 58.2 Å². The fourth-order valence-corrected chi connectivity index (χ4v) is 3.88. The molecule has 0 aromatic carbocycles. The van der Waals surface area contributed by atoms with Crippen LogP contribution in [0.4, 0.5) is 16.3 Å². The lowest BCUT2D eigenvalue weighted by Crippen LogP contribution is -2.54. The lowest BCUT2D eigenvalue weighted by molar-refractivity contribution is 0.0490. The van der Waals surface area contributed by atoms with Gasteiger partial charge in [-0.05, 0) is 19.4 Å². The van der Waals surface area contributed by atoms with Crippen LogP contribution in [0.5, 0.6) is 0 Å². The van der Waals surface area contributed by atoms with Crippen molar-refractivity contribution in [2.75, 3.05) is 36.0 Å². The minimum Gasteiger partial charge on any atom is -0.442 e. The molecule has 2 aromatic rings. The highest BCUT2D eigenvalue weighted by molar-refractivity contribution is 5.70. The van der Waals surface area contributed by atoms with Crippen LogP contribution in [0.2, 0.25) is 0 Å². The SMILES string of the molecule is Cc1nc2c(c(N3CCC3)n1)CN(C(=O)OC1CN(c3cncc(C#N)c3)C1)C2. The largest absolute Gasteiger partial charge is 0.442 e. The van der Waals surface area contributed by atoms with E-state index < -0.39 is 0 Å². The van der Waals surface area contributed by atoms with E-state index in [0.29, 0.717) is 31.7 Å². The zero-order valence-corrected chi connectivity index (χ0v) is 16.2. The summed E-state index contributed by atoms with van der Waals surface area (Å²) in [6.07, 6.45) is 3.94. The number of nitriles is 1. The third-order valence-corrected chi connectivity index (χ3v) is 5.62. The Labute approximate surface area is 168 Å². The summed E-state index contributed by atoms with van der Waals surface area (Å²) in [6, 6.07) is 3.88. The summed E-state index contributed by atoms with van der Waals surface area (Å²) < 4.78 is 5.68. The summed E-state index contributed by atoms with van der Waals surface area (Å²) in [5, 5.41) is 9.00. The highest BCUT2D eigenvalue weighted by Crippen LogP contribution is 2.32. The van der Waals surface area contributed by atoms with Crippen molar-refractivity contribution >= 4 is 17.6 Å². The molecule has 2 aromatic heterocycles. The summed E-state index contributed by atoms with van der Waals surface area (Å²) in [6.45, 7) is 6.06.